The second kappa shape index (κ2) is 5.51. The summed E-state index contributed by atoms with van der Waals surface area (Å²) >= 11 is 0. The third-order valence-corrected chi connectivity index (χ3v) is 3.71. The van der Waals surface area contributed by atoms with Crippen molar-refractivity contribution >= 4 is 17.4 Å². The number of ether oxygens (including phenoxy) is 1. The van der Waals surface area contributed by atoms with Gasteiger partial charge in [0.2, 0.25) is 0 Å². The zero-order valence-electron chi connectivity index (χ0n) is 13.4. The van der Waals surface area contributed by atoms with Gasteiger partial charge in [-0.05, 0) is 51.3 Å². The van der Waals surface area contributed by atoms with E-state index < -0.39 is 5.60 Å². The first-order chi connectivity index (χ1) is 9.72. The topological polar surface area (TPSA) is 46.6 Å². The molecule has 0 saturated heterocycles. The summed E-state index contributed by atoms with van der Waals surface area (Å²) < 4.78 is 5.80. The first-order valence-corrected chi connectivity index (χ1v) is 7.38. The second-order valence-electron chi connectivity index (χ2n) is 6.49. The number of benzene rings is 1. The maximum Gasteiger partial charge on any atom is 0.270 e. The van der Waals surface area contributed by atoms with Crippen LogP contribution in [0.15, 0.2) is 18.2 Å². The van der Waals surface area contributed by atoms with Crippen LogP contribution in [0, 0.1) is 5.92 Å². The summed E-state index contributed by atoms with van der Waals surface area (Å²) in [7, 11) is 0. The quantitative estimate of drug-likeness (QED) is 0.798. The molecule has 0 aromatic heterocycles. The van der Waals surface area contributed by atoms with Gasteiger partial charge in [0.1, 0.15) is 5.75 Å². The molecule has 1 aromatic carbocycles. The molecule has 21 heavy (non-hydrogen) atoms. The number of amides is 1. The van der Waals surface area contributed by atoms with E-state index in [1.807, 2.05) is 0 Å². The monoisotopic (exact) mass is 289 g/mol. The summed E-state index contributed by atoms with van der Waals surface area (Å²) in [4.78, 5) is 25.9. The van der Waals surface area contributed by atoms with Crippen LogP contribution in [-0.2, 0) is 4.79 Å². The van der Waals surface area contributed by atoms with E-state index in [0.717, 1.165) is 6.42 Å². The minimum atomic E-state index is -0.873. The van der Waals surface area contributed by atoms with E-state index in [1.54, 1.807) is 36.9 Å². The van der Waals surface area contributed by atoms with E-state index in [9.17, 15) is 9.59 Å². The number of hydrogen-bond acceptors (Lipinski definition) is 3. The summed E-state index contributed by atoms with van der Waals surface area (Å²) in [5, 5.41) is 0. The molecule has 1 amide bonds. The highest BCUT2D eigenvalue weighted by molar-refractivity contribution is 6.04. The lowest BCUT2D eigenvalue weighted by Gasteiger charge is -2.39. The van der Waals surface area contributed by atoms with Gasteiger partial charge in [0.25, 0.3) is 5.91 Å². The minimum absolute atomic E-state index is 0.0149. The average Bonchev–Trinajstić information content (AvgIpc) is 2.38. The zero-order valence-corrected chi connectivity index (χ0v) is 13.4. The van der Waals surface area contributed by atoms with Gasteiger partial charge in [-0.2, -0.15) is 0 Å². The number of rotatable bonds is 4. The third kappa shape index (κ3) is 3.09. The second-order valence-corrected chi connectivity index (χ2v) is 6.49. The molecule has 114 valence electrons. The Labute approximate surface area is 126 Å². The molecule has 1 heterocycles. The van der Waals surface area contributed by atoms with Crippen molar-refractivity contribution in [2.24, 2.45) is 5.92 Å². The molecule has 1 aromatic rings. The number of anilines is 1. The van der Waals surface area contributed by atoms with Crippen LogP contribution in [0.25, 0.3) is 0 Å². The van der Waals surface area contributed by atoms with Crippen LogP contribution >= 0.6 is 0 Å². The highest BCUT2D eigenvalue weighted by Crippen LogP contribution is 2.38. The Hall–Kier alpha value is -1.84. The van der Waals surface area contributed by atoms with E-state index in [2.05, 4.69) is 13.8 Å². The Morgan fingerprint density at radius 3 is 2.57 bits per heavy atom. The maximum absolute atomic E-state index is 12.6. The fourth-order valence-corrected chi connectivity index (χ4v) is 2.40. The van der Waals surface area contributed by atoms with Crippen molar-refractivity contribution in [3.8, 4) is 5.75 Å². The molecule has 0 fully saturated rings. The van der Waals surface area contributed by atoms with Crippen molar-refractivity contribution in [1.29, 1.82) is 0 Å². The Bertz CT molecular complexity index is 575. The van der Waals surface area contributed by atoms with Crippen molar-refractivity contribution in [3.63, 3.8) is 0 Å². The predicted octanol–water partition coefficient (Wildman–Crippen LogP) is 3.44. The van der Waals surface area contributed by atoms with Crippen LogP contribution in [0.4, 0.5) is 5.69 Å². The van der Waals surface area contributed by atoms with Crippen LogP contribution in [0.5, 0.6) is 5.75 Å². The van der Waals surface area contributed by atoms with E-state index in [1.165, 1.54) is 6.92 Å². The lowest BCUT2D eigenvalue weighted by molar-refractivity contribution is -0.132. The zero-order chi connectivity index (χ0) is 15.8. The fourth-order valence-electron chi connectivity index (χ4n) is 2.40. The highest BCUT2D eigenvalue weighted by atomic mass is 16.5. The minimum Gasteiger partial charge on any atom is -0.476 e. The number of fused-ring (bicyclic) bond motifs is 1. The van der Waals surface area contributed by atoms with Crippen LogP contribution in [0.1, 0.15) is 51.4 Å². The lowest BCUT2D eigenvalue weighted by Crippen LogP contribution is -2.53. The molecule has 0 unspecified atom stereocenters. The lowest BCUT2D eigenvalue weighted by atomic mass is 10.0. The van der Waals surface area contributed by atoms with Crippen molar-refractivity contribution in [2.75, 3.05) is 11.4 Å². The molecule has 1 aliphatic rings. The SMILES string of the molecule is CC(=O)c1ccc2c(c1)N(CCC(C)C)C(=O)C(C)(C)O2. The number of hydrogen-bond donors (Lipinski definition) is 0. The standard InChI is InChI=1S/C17H23NO3/c1-11(2)8-9-18-14-10-13(12(3)19)6-7-15(14)21-17(4,5)16(18)20/h6-7,10-11H,8-9H2,1-5H3. The molecule has 4 nitrogen and oxygen atoms in total. The molecule has 0 spiro atoms. The summed E-state index contributed by atoms with van der Waals surface area (Å²) in [6, 6.07) is 5.28. The molecule has 0 bridgehead atoms. The highest BCUT2D eigenvalue weighted by Gasteiger charge is 2.40. The Morgan fingerprint density at radius 1 is 1.33 bits per heavy atom. The number of carbonyl (C=O) groups is 2. The summed E-state index contributed by atoms with van der Waals surface area (Å²) in [5.74, 6) is 1.09. The molecule has 0 N–H and O–H groups in total. The molecule has 4 heteroatoms. The van der Waals surface area contributed by atoms with Gasteiger partial charge >= 0.3 is 0 Å². The van der Waals surface area contributed by atoms with Gasteiger partial charge in [0.15, 0.2) is 11.4 Å². The molecule has 2 rings (SSSR count). The first-order valence-electron chi connectivity index (χ1n) is 7.38. The summed E-state index contributed by atoms with van der Waals surface area (Å²) in [5.41, 5.74) is 0.425. The van der Waals surface area contributed by atoms with Gasteiger partial charge in [-0.15, -0.1) is 0 Å². The van der Waals surface area contributed by atoms with Crippen molar-refractivity contribution in [2.45, 2.75) is 46.6 Å². The Balaban J connectivity index is 2.45. The van der Waals surface area contributed by atoms with E-state index >= 15 is 0 Å². The number of ketones is 1. The predicted molar refractivity (Wildman–Crippen MR) is 83.0 cm³/mol. The van der Waals surface area contributed by atoms with Gasteiger partial charge < -0.3 is 9.64 Å². The first kappa shape index (κ1) is 15.5. The van der Waals surface area contributed by atoms with Crippen molar-refractivity contribution in [1.82, 2.24) is 0 Å². The van der Waals surface area contributed by atoms with Crippen LogP contribution in [0.2, 0.25) is 0 Å². The van der Waals surface area contributed by atoms with E-state index in [4.69, 9.17) is 4.74 Å². The fraction of sp³-hybridized carbons (Fsp3) is 0.529. The molecular formula is C17H23NO3. The smallest absolute Gasteiger partial charge is 0.270 e. The normalized spacial score (nSPS) is 16.7. The number of carbonyl (C=O) groups excluding carboxylic acids is 2. The van der Waals surface area contributed by atoms with Crippen molar-refractivity contribution < 1.29 is 14.3 Å². The van der Waals surface area contributed by atoms with Gasteiger partial charge in [-0.1, -0.05) is 13.8 Å². The molecule has 0 atom stereocenters. The maximum atomic E-state index is 12.6. The summed E-state index contributed by atoms with van der Waals surface area (Å²) in [6.45, 7) is 9.97. The average molecular weight is 289 g/mol. The molecule has 0 radical (unpaired) electrons. The van der Waals surface area contributed by atoms with Crippen LogP contribution < -0.4 is 9.64 Å². The number of Topliss-reactive ketones (excluding diaryl/α,β-unsaturated/α-hetero) is 1. The molecule has 0 saturated carbocycles. The summed E-state index contributed by atoms with van der Waals surface area (Å²) in [6.07, 6.45) is 0.908. The largest absolute Gasteiger partial charge is 0.476 e. The van der Waals surface area contributed by atoms with E-state index in [0.29, 0.717) is 29.5 Å². The van der Waals surface area contributed by atoms with Gasteiger partial charge in [0.05, 0.1) is 5.69 Å². The Kier molecular flexibility index (Phi) is 4.08. The molecule has 0 aliphatic carbocycles. The van der Waals surface area contributed by atoms with Gasteiger partial charge in [0, 0.05) is 12.1 Å². The van der Waals surface area contributed by atoms with Gasteiger partial charge in [-0.3, -0.25) is 9.59 Å². The van der Waals surface area contributed by atoms with Gasteiger partial charge in [-0.25, -0.2) is 0 Å². The molecular weight excluding hydrogens is 266 g/mol. The van der Waals surface area contributed by atoms with Crippen LogP contribution in [-0.4, -0.2) is 23.8 Å². The van der Waals surface area contributed by atoms with E-state index in [-0.39, 0.29) is 11.7 Å². The third-order valence-electron chi connectivity index (χ3n) is 3.71. The number of nitrogens with zero attached hydrogens (tertiary/aromatic N) is 1. The van der Waals surface area contributed by atoms with Crippen molar-refractivity contribution in [3.05, 3.63) is 23.8 Å². The van der Waals surface area contributed by atoms with Crippen LogP contribution in [0.3, 0.4) is 0 Å². The Morgan fingerprint density at radius 2 is 2.00 bits per heavy atom. The molecule has 1 aliphatic heterocycles.